The van der Waals surface area contributed by atoms with Crippen LogP contribution in [-0.4, -0.2) is 26.8 Å². The van der Waals surface area contributed by atoms with Gasteiger partial charge in [-0.3, -0.25) is 0 Å². The predicted octanol–water partition coefficient (Wildman–Crippen LogP) is 3.64. The van der Waals surface area contributed by atoms with E-state index in [0.29, 0.717) is 6.04 Å². The second kappa shape index (κ2) is 7.14. The smallest absolute Gasteiger partial charge is 0.0645 e. The number of benzene rings is 1. The number of nitrogens with zero attached hydrogens (tertiary/aromatic N) is 2. The van der Waals surface area contributed by atoms with Crippen LogP contribution in [0.5, 0.6) is 0 Å². The third-order valence-corrected chi connectivity index (χ3v) is 5.32. The van der Waals surface area contributed by atoms with E-state index in [9.17, 15) is 0 Å². The Morgan fingerprint density at radius 3 is 2.86 bits per heavy atom. The van der Waals surface area contributed by atoms with Crippen LogP contribution in [0.25, 0.3) is 5.69 Å². The molecule has 1 aromatic carbocycles. The Morgan fingerprint density at radius 1 is 1.29 bits per heavy atom. The van der Waals surface area contributed by atoms with Crippen LogP contribution in [0.3, 0.4) is 0 Å². The number of nitrogens with one attached hydrogen (secondary N) is 1. The highest BCUT2D eigenvalue weighted by atomic mass is 32.2. The number of hydrogen-bond donors (Lipinski definition) is 1. The fourth-order valence-corrected chi connectivity index (χ4v) is 4.11. The molecular formula is C17H23N3S. The van der Waals surface area contributed by atoms with Crippen molar-refractivity contribution in [1.82, 2.24) is 15.1 Å². The van der Waals surface area contributed by atoms with E-state index in [0.717, 1.165) is 17.5 Å². The molecular weight excluding hydrogens is 278 g/mol. The zero-order valence-corrected chi connectivity index (χ0v) is 13.4. The van der Waals surface area contributed by atoms with Crippen LogP contribution in [0.2, 0.25) is 0 Å². The van der Waals surface area contributed by atoms with Crippen molar-refractivity contribution in [1.29, 1.82) is 0 Å². The van der Waals surface area contributed by atoms with Gasteiger partial charge < -0.3 is 5.32 Å². The lowest BCUT2D eigenvalue weighted by atomic mass is 10.2. The van der Waals surface area contributed by atoms with Gasteiger partial charge in [-0.15, -0.1) is 0 Å². The van der Waals surface area contributed by atoms with Crippen molar-refractivity contribution in [2.24, 2.45) is 0 Å². The van der Waals surface area contributed by atoms with Crippen molar-refractivity contribution in [2.45, 2.75) is 44.0 Å². The molecule has 3 rings (SSSR count). The van der Waals surface area contributed by atoms with Gasteiger partial charge in [0, 0.05) is 30.2 Å². The molecule has 112 valence electrons. The average Bonchev–Trinajstić information content (AvgIpc) is 3.18. The molecule has 1 aliphatic carbocycles. The molecule has 0 radical (unpaired) electrons. The summed E-state index contributed by atoms with van der Waals surface area (Å²) >= 11 is 2.12. The highest BCUT2D eigenvalue weighted by molar-refractivity contribution is 7.99. The molecule has 2 aromatic rings. The van der Waals surface area contributed by atoms with Crippen molar-refractivity contribution >= 4 is 11.8 Å². The van der Waals surface area contributed by atoms with Crippen LogP contribution in [0.15, 0.2) is 42.7 Å². The fraction of sp³-hybridized carbons (Fsp3) is 0.471. The SMILES string of the molecule is CCSC1CCC(NCc2ccc(-n3cccn3)cc2)C1. The van der Waals surface area contributed by atoms with Crippen LogP contribution in [-0.2, 0) is 6.54 Å². The van der Waals surface area contributed by atoms with Crippen LogP contribution in [0, 0.1) is 0 Å². The van der Waals surface area contributed by atoms with E-state index in [1.54, 1.807) is 6.20 Å². The zero-order valence-electron chi connectivity index (χ0n) is 12.5. The second-order valence-corrected chi connectivity index (χ2v) is 7.16. The molecule has 1 aromatic heterocycles. The van der Waals surface area contributed by atoms with E-state index in [4.69, 9.17) is 0 Å². The molecule has 1 N–H and O–H groups in total. The summed E-state index contributed by atoms with van der Waals surface area (Å²) in [5, 5.41) is 8.82. The molecule has 1 fully saturated rings. The molecule has 21 heavy (non-hydrogen) atoms. The van der Waals surface area contributed by atoms with E-state index in [1.165, 1.54) is 30.6 Å². The minimum Gasteiger partial charge on any atom is -0.310 e. The third-order valence-electron chi connectivity index (χ3n) is 4.09. The number of aromatic nitrogens is 2. The van der Waals surface area contributed by atoms with Crippen LogP contribution in [0.4, 0.5) is 0 Å². The first-order valence-corrected chi connectivity index (χ1v) is 8.84. The van der Waals surface area contributed by atoms with Crippen molar-refractivity contribution in [3.8, 4) is 5.69 Å². The maximum atomic E-state index is 4.25. The molecule has 1 saturated carbocycles. The van der Waals surface area contributed by atoms with E-state index in [-0.39, 0.29) is 0 Å². The van der Waals surface area contributed by atoms with Crippen molar-refractivity contribution in [2.75, 3.05) is 5.75 Å². The van der Waals surface area contributed by atoms with Gasteiger partial charge in [-0.1, -0.05) is 19.1 Å². The summed E-state index contributed by atoms with van der Waals surface area (Å²) < 4.78 is 1.89. The normalized spacial score (nSPS) is 21.8. The zero-order chi connectivity index (χ0) is 14.5. The molecule has 0 amide bonds. The Bertz CT molecular complexity index is 536. The number of rotatable bonds is 6. The van der Waals surface area contributed by atoms with E-state index in [2.05, 4.69) is 53.4 Å². The highest BCUT2D eigenvalue weighted by Crippen LogP contribution is 2.29. The molecule has 3 nitrogen and oxygen atoms in total. The van der Waals surface area contributed by atoms with Gasteiger partial charge in [0.2, 0.25) is 0 Å². The average molecular weight is 301 g/mol. The first-order chi connectivity index (χ1) is 10.3. The van der Waals surface area contributed by atoms with Crippen molar-refractivity contribution in [3.05, 3.63) is 48.3 Å². The lowest BCUT2D eigenvalue weighted by Gasteiger charge is -2.13. The molecule has 0 saturated heterocycles. The summed E-state index contributed by atoms with van der Waals surface area (Å²) in [5.41, 5.74) is 2.46. The van der Waals surface area contributed by atoms with E-state index in [1.807, 2.05) is 16.9 Å². The number of hydrogen-bond acceptors (Lipinski definition) is 3. The van der Waals surface area contributed by atoms with Crippen LogP contribution in [0.1, 0.15) is 31.7 Å². The van der Waals surface area contributed by atoms with Gasteiger partial charge in [-0.2, -0.15) is 16.9 Å². The topological polar surface area (TPSA) is 29.9 Å². The monoisotopic (exact) mass is 301 g/mol. The standard InChI is InChI=1S/C17H23N3S/c1-2-21-17-9-6-15(12-17)18-13-14-4-7-16(8-5-14)20-11-3-10-19-20/h3-5,7-8,10-11,15,17-18H,2,6,9,12-13H2,1H3. The van der Waals surface area contributed by atoms with Gasteiger partial charge in [-0.05, 0) is 48.8 Å². The van der Waals surface area contributed by atoms with Crippen LogP contribution < -0.4 is 5.32 Å². The van der Waals surface area contributed by atoms with E-state index >= 15 is 0 Å². The van der Waals surface area contributed by atoms with E-state index < -0.39 is 0 Å². The first-order valence-electron chi connectivity index (χ1n) is 7.79. The number of thioether (sulfide) groups is 1. The summed E-state index contributed by atoms with van der Waals surface area (Å²) in [6.07, 6.45) is 7.79. The first kappa shape index (κ1) is 14.7. The Kier molecular flexibility index (Phi) is 4.99. The van der Waals surface area contributed by atoms with Crippen LogP contribution >= 0.6 is 11.8 Å². The third kappa shape index (κ3) is 3.89. The summed E-state index contributed by atoms with van der Waals surface area (Å²) in [6.45, 7) is 3.22. The summed E-state index contributed by atoms with van der Waals surface area (Å²) in [5.74, 6) is 1.24. The lowest BCUT2D eigenvalue weighted by molar-refractivity contribution is 0.525. The molecule has 4 heteroatoms. The van der Waals surface area contributed by atoms with Gasteiger partial charge in [0.15, 0.2) is 0 Å². The van der Waals surface area contributed by atoms with Crippen molar-refractivity contribution in [3.63, 3.8) is 0 Å². The molecule has 2 atom stereocenters. The Labute approximate surface area is 131 Å². The van der Waals surface area contributed by atoms with Gasteiger partial charge >= 0.3 is 0 Å². The minimum atomic E-state index is 0.694. The molecule has 1 heterocycles. The largest absolute Gasteiger partial charge is 0.310 e. The van der Waals surface area contributed by atoms with Gasteiger partial charge in [0.1, 0.15) is 0 Å². The Hall–Kier alpha value is -1.26. The predicted molar refractivity (Wildman–Crippen MR) is 90.0 cm³/mol. The summed E-state index contributed by atoms with van der Waals surface area (Å²) in [4.78, 5) is 0. The lowest BCUT2D eigenvalue weighted by Crippen LogP contribution is -2.26. The molecule has 0 spiro atoms. The maximum Gasteiger partial charge on any atom is 0.0645 e. The summed E-state index contributed by atoms with van der Waals surface area (Å²) in [7, 11) is 0. The molecule has 2 unspecified atom stereocenters. The Morgan fingerprint density at radius 2 is 2.14 bits per heavy atom. The maximum absolute atomic E-state index is 4.25. The van der Waals surface area contributed by atoms with Gasteiger partial charge in [0.25, 0.3) is 0 Å². The van der Waals surface area contributed by atoms with Gasteiger partial charge in [-0.25, -0.2) is 4.68 Å². The molecule has 1 aliphatic rings. The fourth-order valence-electron chi connectivity index (χ4n) is 2.96. The molecule has 0 aliphatic heterocycles. The highest BCUT2D eigenvalue weighted by Gasteiger charge is 2.23. The second-order valence-electron chi connectivity index (χ2n) is 5.59. The quantitative estimate of drug-likeness (QED) is 0.883. The Balaban J connectivity index is 1.50. The summed E-state index contributed by atoms with van der Waals surface area (Å²) in [6, 6.07) is 11.3. The minimum absolute atomic E-state index is 0.694. The molecule has 0 bridgehead atoms. The van der Waals surface area contributed by atoms with Crippen molar-refractivity contribution < 1.29 is 0 Å². The van der Waals surface area contributed by atoms with Gasteiger partial charge in [0.05, 0.1) is 5.69 Å².